The molecule has 1 aliphatic rings. The molecule has 134 valence electrons. The number of aromatic nitrogens is 2. The summed E-state index contributed by atoms with van der Waals surface area (Å²) in [7, 11) is 2.12. The largest absolute Gasteiger partial charge is 0.350 e. The Bertz CT molecular complexity index is 873. The van der Waals surface area contributed by atoms with Crippen molar-refractivity contribution in [1.82, 2.24) is 20.0 Å². The second-order valence-electron chi connectivity index (χ2n) is 6.77. The second kappa shape index (κ2) is 7.43. The molecule has 1 aromatic carbocycles. The van der Waals surface area contributed by atoms with Crippen molar-refractivity contribution in [3.8, 4) is 16.3 Å². The average Bonchev–Trinajstić information content (AvgIpc) is 3.40. The molecule has 3 aromatic rings. The molecule has 1 fully saturated rings. The Balaban J connectivity index is 1.58. The Labute approximate surface area is 157 Å². The minimum absolute atomic E-state index is 0.105. The van der Waals surface area contributed by atoms with Crippen LogP contribution >= 0.6 is 11.3 Å². The van der Waals surface area contributed by atoms with E-state index in [1.54, 1.807) is 11.3 Å². The quantitative estimate of drug-likeness (QED) is 0.754. The Morgan fingerprint density at radius 1 is 1.27 bits per heavy atom. The molecule has 0 saturated carbocycles. The molecule has 1 unspecified atom stereocenters. The summed E-state index contributed by atoms with van der Waals surface area (Å²) in [4.78, 5) is 16.0. The lowest BCUT2D eigenvalue weighted by molar-refractivity contribution is 0.0942. The van der Waals surface area contributed by atoms with Gasteiger partial charge in [-0.25, -0.2) is 4.68 Å². The van der Waals surface area contributed by atoms with Crippen LogP contribution in [0.3, 0.4) is 0 Å². The van der Waals surface area contributed by atoms with Gasteiger partial charge in [0.25, 0.3) is 5.91 Å². The predicted molar refractivity (Wildman–Crippen MR) is 105 cm³/mol. The summed E-state index contributed by atoms with van der Waals surface area (Å²) in [6, 6.07) is 15.9. The van der Waals surface area contributed by atoms with E-state index in [4.69, 9.17) is 0 Å². The van der Waals surface area contributed by atoms with Gasteiger partial charge in [0.05, 0.1) is 16.3 Å². The molecule has 1 amide bonds. The van der Waals surface area contributed by atoms with E-state index in [9.17, 15) is 4.79 Å². The lowest BCUT2D eigenvalue weighted by Gasteiger charge is -2.10. The fourth-order valence-electron chi connectivity index (χ4n) is 3.38. The van der Waals surface area contributed by atoms with E-state index in [-0.39, 0.29) is 5.91 Å². The number of amides is 1. The molecule has 0 bridgehead atoms. The Hall–Kier alpha value is -2.44. The lowest BCUT2D eigenvalue weighted by Crippen LogP contribution is -2.30. The Morgan fingerprint density at radius 3 is 2.81 bits per heavy atom. The zero-order valence-electron chi connectivity index (χ0n) is 14.8. The minimum atomic E-state index is -0.105. The highest BCUT2D eigenvalue weighted by Gasteiger charge is 2.22. The molecule has 1 N–H and O–H groups in total. The summed E-state index contributed by atoms with van der Waals surface area (Å²) in [5.74, 6) is 0.420. The van der Waals surface area contributed by atoms with E-state index in [1.165, 1.54) is 0 Å². The number of nitrogens with one attached hydrogen (secondary N) is 1. The molecule has 26 heavy (non-hydrogen) atoms. The van der Waals surface area contributed by atoms with Gasteiger partial charge >= 0.3 is 0 Å². The number of nitrogens with zero attached hydrogens (tertiary/aromatic N) is 3. The molecule has 3 heterocycles. The topological polar surface area (TPSA) is 50.2 Å². The smallest absolute Gasteiger partial charge is 0.271 e. The second-order valence-corrected chi connectivity index (χ2v) is 7.71. The first-order valence-electron chi connectivity index (χ1n) is 8.87. The van der Waals surface area contributed by atoms with Crippen molar-refractivity contribution in [2.45, 2.75) is 6.42 Å². The highest BCUT2D eigenvalue weighted by molar-refractivity contribution is 7.13. The number of carbonyl (C=O) groups is 1. The zero-order valence-corrected chi connectivity index (χ0v) is 15.6. The number of hydrogen-bond acceptors (Lipinski definition) is 4. The van der Waals surface area contributed by atoms with Crippen molar-refractivity contribution in [1.29, 1.82) is 0 Å². The number of rotatable bonds is 5. The number of benzene rings is 1. The van der Waals surface area contributed by atoms with Crippen molar-refractivity contribution < 1.29 is 4.79 Å². The molecule has 0 radical (unpaired) electrons. The third-order valence-electron chi connectivity index (χ3n) is 4.76. The first-order chi connectivity index (χ1) is 12.7. The van der Waals surface area contributed by atoms with Gasteiger partial charge in [0.15, 0.2) is 5.69 Å². The first-order valence-corrected chi connectivity index (χ1v) is 9.75. The van der Waals surface area contributed by atoms with Gasteiger partial charge in [-0.3, -0.25) is 4.79 Å². The van der Waals surface area contributed by atoms with Crippen LogP contribution in [-0.2, 0) is 0 Å². The molecule has 1 atom stereocenters. The molecule has 5 nitrogen and oxygen atoms in total. The van der Waals surface area contributed by atoms with Crippen LogP contribution in [0.4, 0.5) is 0 Å². The Morgan fingerprint density at radius 2 is 2.12 bits per heavy atom. The van der Waals surface area contributed by atoms with Crippen LogP contribution in [0, 0.1) is 5.92 Å². The maximum absolute atomic E-state index is 12.7. The van der Waals surface area contributed by atoms with Crippen LogP contribution in [0.15, 0.2) is 53.9 Å². The molecule has 4 rings (SSSR count). The van der Waals surface area contributed by atoms with E-state index in [0.29, 0.717) is 18.2 Å². The standard InChI is InChI=1S/C20H22N4OS/c1-23-10-9-15(14-23)13-21-20(25)17-12-18(19-8-5-11-26-19)24(22-17)16-6-3-2-4-7-16/h2-8,11-12,15H,9-10,13-14H2,1H3,(H,21,25). The summed E-state index contributed by atoms with van der Waals surface area (Å²) in [6.45, 7) is 2.85. The van der Waals surface area contributed by atoms with E-state index < -0.39 is 0 Å². The van der Waals surface area contributed by atoms with Crippen LogP contribution in [0.2, 0.25) is 0 Å². The molecular weight excluding hydrogens is 344 g/mol. The van der Waals surface area contributed by atoms with Crippen molar-refractivity contribution in [2.75, 3.05) is 26.7 Å². The fraction of sp³-hybridized carbons (Fsp3) is 0.300. The van der Waals surface area contributed by atoms with Gasteiger partial charge in [-0.05, 0) is 55.6 Å². The van der Waals surface area contributed by atoms with E-state index in [1.807, 2.05) is 52.5 Å². The highest BCUT2D eigenvalue weighted by Crippen LogP contribution is 2.28. The van der Waals surface area contributed by atoms with Crippen molar-refractivity contribution >= 4 is 17.2 Å². The first kappa shape index (κ1) is 17.0. The Kier molecular flexibility index (Phi) is 4.86. The monoisotopic (exact) mass is 366 g/mol. The molecule has 0 aliphatic carbocycles. The normalized spacial score (nSPS) is 17.5. The van der Waals surface area contributed by atoms with E-state index >= 15 is 0 Å². The molecule has 1 saturated heterocycles. The number of carbonyl (C=O) groups excluding carboxylic acids is 1. The maximum atomic E-state index is 12.7. The molecule has 1 aliphatic heterocycles. The average molecular weight is 366 g/mol. The molecule has 2 aromatic heterocycles. The maximum Gasteiger partial charge on any atom is 0.271 e. The number of thiophene rings is 1. The van der Waals surface area contributed by atoms with E-state index in [2.05, 4.69) is 28.4 Å². The third kappa shape index (κ3) is 3.57. The number of para-hydroxylation sites is 1. The lowest BCUT2D eigenvalue weighted by atomic mass is 10.1. The van der Waals surface area contributed by atoms with Gasteiger partial charge in [-0.15, -0.1) is 11.3 Å². The summed E-state index contributed by atoms with van der Waals surface area (Å²) in [6.07, 6.45) is 1.13. The van der Waals surface area contributed by atoms with Crippen LogP contribution in [0.1, 0.15) is 16.9 Å². The van der Waals surface area contributed by atoms with Gasteiger partial charge in [-0.2, -0.15) is 5.10 Å². The fourth-order valence-corrected chi connectivity index (χ4v) is 4.11. The van der Waals surface area contributed by atoms with Crippen LogP contribution in [0.25, 0.3) is 16.3 Å². The van der Waals surface area contributed by atoms with Crippen LogP contribution in [-0.4, -0.2) is 47.3 Å². The van der Waals surface area contributed by atoms with Crippen LogP contribution < -0.4 is 5.32 Å². The summed E-state index contributed by atoms with van der Waals surface area (Å²) < 4.78 is 1.85. The van der Waals surface area contributed by atoms with E-state index in [0.717, 1.165) is 35.8 Å². The SMILES string of the molecule is CN1CCC(CNC(=O)c2cc(-c3cccs3)n(-c3ccccc3)n2)C1. The molecule has 0 spiro atoms. The molecule has 6 heteroatoms. The summed E-state index contributed by atoms with van der Waals surface area (Å²) in [5, 5.41) is 9.69. The highest BCUT2D eigenvalue weighted by atomic mass is 32.1. The minimum Gasteiger partial charge on any atom is -0.350 e. The zero-order chi connectivity index (χ0) is 17.9. The number of hydrogen-bond donors (Lipinski definition) is 1. The third-order valence-corrected chi connectivity index (χ3v) is 5.65. The van der Waals surface area contributed by atoms with Crippen molar-refractivity contribution in [3.05, 3.63) is 59.6 Å². The van der Waals surface area contributed by atoms with Crippen molar-refractivity contribution in [2.24, 2.45) is 5.92 Å². The van der Waals surface area contributed by atoms with Crippen LogP contribution in [0.5, 0.6) is 0 Å². The van der Waals surface area contributed by atoms with Gasteiger partial charge in [0, 0.05) is 13.1 Å². The number of likely N-dealkylation sites (tertiary alicyclic amines) is 1. The summed E-state index contributed by atoms with van der Waals surface area (Å²) >= 11 is 1.65. The van der Waals surface area contributed by atoms with Crippen molar-refractivity contribution in [3.63, 3.8) is 0 Å². The predicted octanol–water partition coefficient (Wildman–Crippen LogP) is 3.28. The van der Waals surface area contributed by atoms with Gasteiger partial charge in [0.2, 0.25) is 0 Å². The van der Waals surface area contributed by atoms with Gasteiger partial charge in [-0.1, -0.05) is 24.3 Å². The van der Waals surface area contributed by atoms with Gasteiger partial charge in [0.1, 0.15) is 0 Å². The van der Waals surface area contributed by atoms with Gasteiger partial charge < -0.3 is 10.2 Å². The summed E-state index contributed by atoms with van der Waals surface area (Å²) in [5.41, 5.74) is 2.35. The molecular formula is C20H22N4OS.